The fraction of sp³-hybridized carbons (Fsp3) is 0.588. The lowest BCUT2D eigenvalue weighted by atomic mass is 9.88. The fourth-order valence-corrected chi connectivity index (χ4v) is 3.41. The van der Waals surface area contributed by atoms with E-state index >= 15 is 0 Å². The van der Waals surface area contributed by atoms with Gasteiger partial charge in [-0.15, -0.1) is 12.4 Å². The first kappa shape index (κ1) is 16.3. The Morgan fingerprint density at radius 2 is 1.86 bits per heavy atom. The Morgan fingerprint density at radius 3 is 2.52 bits per heavy atom. The second kappa shape index (κ2) is 6.80. The van der Waals surface area contributed by atoms with Gasteiger partial charge in [-0.1, -0.05) is 26.0 Å². The summed E-state index contributed by atoms with van der Waals surface area (Å²) < 4.78 is 0. The number of halogens is 1. The van der Waals surface area contributed by atoms with E-state index in [-0.39, 0.29) is 18.3 Å². The van der Waals surface area contributed by atoms with Crippen molar-refractivity contribution < 1.29 is 4.79 Å². The predicted octanol–water partition coefficient (Wildman–Crippen LogP) is 2.91. The molecule has 0 radical (unpaired) electrons. The Balaban J connectivity index is 0.00000161. The van der Waals surface area contributed by atoms with Crippen LogP contribution in [0.15, 0.2) is 24.3 Å². The number of benzene rings is 1. The first-order valence-electron chi connectivity index (χ1n) is 7.75. The molecule has 2 fully saturated rings. The molecule has 0 saturated carbocycles. The Kier molecular flexibility index (Phi) is 5.28. The van der Waals surface area contributed by atoms with Crippen LogP contribution in [0.2, 0.25) is 0 Å². The maximum Gasteiger partial charge on any atom is 0.253 e. The molecule has 3 rings (SSSR count). The first-order valence-corrected chi connectivity index (χ1v) is 7.75. The summed E-state index contributed by atoms with van der Waals surface area (Å²) in [5, 5.41) is 3.45. The zero-order valence-electron chi connectivity index (χ0n) is 12.8. The number of hydrogen-bond donors (Lipinski definition) is 1. The molecule has 4 heteroatoms. The maximum atomic E-state index is 12.6. The van der Waals surface area contributed by atoms with Gasteiger partial charge in [0.05, 0.1) is 0 Å². The number of piperidine rings is 1. The third kappa shape index (κ3) is 3.41. The van der Waals surface area contributed by atoms with Crippen molar-refractivity contribution in [3.8, 4) is 0 Å². The summed E-state index contributed by atoms with van der Waals surface area (Å²) in [6.45, 7) is 8.38. The second-order valence-electron chi connectivity index (χ2n) is 6.49. The summed E-state index contributed by atoms with van der Waals surface area (Å²) in [7, 11) is 0. The van der Waals surface area contributed by atoms with Crippen LogP contribution in [0.25, 0.3) is 0 Å². The first-order chi connectivity index (χ1) is 9.65. The molecule has 3 nitrogen and oxygen atoms in total. The molecule has 1 aromatic rings. The highest BCUT2D eigenvalue weighted by Crippen LogP contribution is 2.27. The molecule has 0 bridgehead atoms. The molecule has 2 unspecified atom stereocenters. The van der Waals surface area contributed by atoms with E-state index in [1.54, 1.807) is 0 Å². The monoisotopic (exact) mass is 308 g/mol. The zero-order chi connectivity index (χ0) is 14.1. The number of likely N-dealkylation sites (tertiary alicyclic amines) is 1. The van der Waals surface area contributed by atoms with Gasteiger partial charge < -0.3 is 10.2 Å². The molecule has 2 aliphatic heterocycles. The van der Waals surface area contributed by atoms with Crippen molar-refractivity contribution in [1.29, 1.82) is 0 Å². The van der Waals surface area contributed by atoms with Crippen LogP contribution in [0.4, 0.5) is 0 Å². The van der Waals surface area contributed by atoms with E-state index in [4.69, 9.17) is 0 Å². The lowest BCUT2D eigenvalue weighted by Gasteiger charge is -2.34. The topological polar surface area (TPSA) is 32.3 Å². The molecule has 0 spiro atoms. The minimum atomic E-state index is 0. The summed E-state index contributed by atoms with van der Waals surface area (Å²) in [6, 6.07) is 8.14. The Hall–Kier alpha value is -1.06. The highest BCUT2D eigenvalue weighted by atomic mass is 35.5. The van der Waals surface area contributed by atoms with E-state index in [9.17, 15) is 4.79 Å². The zero-order valence-corrected chi connectivity index (χ0v) is 13.7. The van der Waals surface area contributed by atoms with Crippen molar-refractivity contribution in [1.82, 2.24) is 10.2 Å². The average Bonchev–Trinajstić information content (AvgIpc) is 2.94. The van der Waals surface area contributed by atoms with Crippen molar-refractivity contribution >= 4 is 18.3 Å². The molecular formula is C17H25ClN2O. The van der Waals surface area contributed by atoms with Crippen LogP contribution in [0.1, 0.15) is 42.1 Å². The summed E-state index contributed by atoms with van der Waals surface area (Å²) in [6.07, 6.45) is 1.15. The van der Waals surface area contributed by atoms with Crippen molar-refractivity contribution in [2.24, 2.45) is 11.8 Å². The van der Waals surface area contributed by atoms with E-state index in [0.717, 1.165) is 44.1 Å². The smallest absolute Gasteiger partial charge is 0.253 e. The number of carbonyl (C=O) groups excluding carboxylic acids is 1. The number of amides is 1. The van der Waals surface area contributed by atoms with E-state index < -0.39 is 0 Å². The number of nitrogens with zero attached hydrogens (tertiary/aromatic N) is 1. The normalized spacial score (nSPS) is 24.6. The van der Waals surface area contributed by atoms with Crippen LogP contribution in [-0.2, 0) is 0 Å². The van der Waals surface area contributed by atoms with Crippen molar-refractivity contribution in [3.05, 3.63) is 35.4 Å². The Morgan fingerprint density at radius 1 is 1.19 bits per heavy atom. The van der Waals surface area contributed by atoms with Gasteiger partial charge in [-0.25, -0.2) is 0 Å². The minimum Gasteiger partial charge on any atom is -0.338 e. The van der Waals surface area contributed by atoms with Crippen LogP contribution in [0.5, 0.6) is 0 Å². The van der Waals surface area contributed by atoms with E-state index in [2.05, 4.69) is 31.3 Å². The van der Waals surface area contributed by atoms with Crippen LogP contribution in [0.3, 0.4) is 0 Å². The van der Waals surface area contributed by atoms with Gasteiger partial charge in [-0.2, -0.15) is 0 Å². The van der Waals surface area contributed by atoms with Gasteiger partial charge in [0.25, 0.3) is 5.91 Å². The molecule has 1 aromatic carbocycles. The van der Waals surface area contributed by atoms with Crippen molar-refractivity contribution in [2.45, 2.75) is 26.2 Å². The van der Waals surface area contributed by atoms with Gasteiger partial charge in [-0.05, 0) is 55.0 Å². The van der Waals surface area contributed by atoms with Crippen LogP contribution in [0, 0.1) is 11.8 Å². The number of nitrogens with one attached hydrogen (secondary N) is 1. The SMILES string of the molecule is CC(C)c1ccc(C(=O)N2CCC3CNCC3C2)cc1.Cl. The molecule has 1 N–H and O–H groups in total. The molecule has 2 heterocycles. The minimum absolute atomic E-state index is 0. The molecule has 0 aliphatic carbocycles. The molecule has 0 aromatic heterocycles. The molecule has 21 heavy (non-hydrogen) atoms. The van der Waals surface area contributed by atoms with Crippen LogP contribution in [-0.4, -0.2) is 37.0 Å². The highest BCUT2D eigenvalue weighted by molar-refractivity contribution is 5.94. The molecule has 2 atom stereocenters. The molecule has 1 amide bonds. The fourth-order valence-electron chi connectivity index (χ4n) is 3.41. The summed E-state index contributed by atoms with van der Waals surface area (Å²) in [4.78, 5) is 14.6. The van der Waals surface area contributed by atoms with Crippen LogP contribution >= 0.6 is 12.4 Å². The third-order valence-corrected chi connectivity index (χ3v) is 4.82. The van der Waals surface area contributed by atoms with E-state index in [0.29, 0.717) is 11.8 Å². The Labute approximate surface area is 133 Å². The standard InChI is InChI=1S/C17H24N2O.ClH/c1-12(2)13-3-5-14(6-4-13)17(20)19-8-7-15-9-18-10-16(15)11-19;/h3-6,12,15-16,18H,7-11H2,1-2H3;1H. The van der Waals surface area contributed by atoms with E-state index in [1.807, 2.05) is 17.0 Å². The number of rotatable bonds is 2. The van der Waals surface area contributed by atoms with Crippen molar-refractivity contribution in [3.63, 3.8) is 0 Å². The molecular weight excluding hydrogens is 284 g/mol. The summed E-state index contributed by atoms with van der Waals surface area (Å²) in [5.74, 6) is 2.15. The molecule has 2 saturated heterocycles. The number of hydrogen-bond acceptors (Lipinski definition) is 2. The quantitative estimate of drug-likeness (QED) is 0.911. The Bertz CT molecular complexity index is 486. The predicted molar refractivity (Wildman–Crippen MR) is 88.1 cm³/mol. The summed E-state index contributed by atoms with van der Waals surface area (Å²) in [5.41, 5.74) is 2.12. The van der Waals surface area contributed by atoms with Gasteiger partial charge in [0.2, 0.25) is 0 Å². The maximum absolute atomic E-state index is 12.6. The van der Waals surface area contributed by atoms with Gasteiger partial charge in [-0.3, -0.25) is 4.79 Å². The van der Waals surface area contributed by atoms with Gasteiger partial charge in [0.15, 0.2) is 0 Å². The number of carbonyl (C=O) groups is 1. The molecule has 2 aliphatic rings. The van der Waals surface area contributed by atoms with Crippen LogP contribution < -0.4 is 5.32 Å². The van der Waals surface area contributed by atoms with Crippen molar-refractivity contribution in [2.75, 3.05) is 26.2 Å². The lowest BCUT2D eigenvalue weighted by Crippen LogP contribution is -2.43. The lowest BCUT2D eigenvalue weighted by molar-refractivity contribution is 0.0642. The van der Waals surface area contributed by atoms with Gasteiger partial charge in [0, 0.05) is 18.7 Å². The third-order valence-electron chi connectivity index (χ3n) is 4.82. The van der Waals surface area contributed by atoms with E-state index in [1.165, 1.54) is 5.56 Å². The summed E-state index contributed by atoms with van der Waals surface area (Å²) >= 11 is 0. The number of fused-ring (bicyclic) bond motifs is 1. The second-order valence-corrected chi connectivity index (χ2v) is 6.49. The van der Waals surface area contributed by atoms with Gasteiger partial charge >= 0.3 is 0 Å². The molecule has 116 valence electrons. The average molecular weight is 309 g/mol. The highest BCUT2D eigenvalue weighted by Gasteiger charge is 2.34. The largest absolute Gasteiger partial charge is 0.338 e. The van der Waals surface area contributed by atoms with Gasteiger partial charge in [0.1, 0.15) is 0 Å².